The molecule has 11 heteroatoms. The molecule has 182 valence electrons. The first-order valence-electron chi connectivity index (χ1n) is 10.3. The molecule has 0 saturated carbocycles. The third-order valence-corrected chi connectivity index (χ3v) is 6.95. The Balaban J connectivity index is 1.55. The van der Waals surface area contributed by atoms with E-state index in [1.165, 1.54) is 60.0 Å². The number of halogens is 2. The molecule has 34 heavy (non-hydrogen) atoms. The zero-order valence-corrected chi connectivity index (χ0v) is 19.1. The zero-order valence-electron chi connectivity index (χ0n) is 18.3. The van der Waals surface area contributed by atoms with E-state index in [1.807, 2.05) is 0 Å². The summed E-state index contributed by atoms with van der Waals surface area (Å²) in [5, 5.41) is 0. The number of carbonyl (C=O) groups excluding carboxylic acids is 2. The highest BCUT2D eigenvalue weighted by atomic mass is 32.2. The van der Waals surface area contributed by atoms with Crippen molar-refractivity contribution in [2.75, 3.05) is 26.8 Å². The number of carbonyl (C=O) groups is 2. The lowest BCUT2D eigenvalue weighted by molar-refractivity contribution is -0.136. The van der Waals surface area contributed by atoms with E-state index in [4.69, 9.17) is 9.47 Å². The Kier molecular flexibility index (Phi) is 8.35. The van der Waals surface area contributed by atoms with Gasteiger partial charge >= 0.3 is 12.6 Å². The fraction of sp³-hybridized carbons (Fsp3) is 0.304. The lowest BCUT2D eigenvalue weighted by atomic mass is 10.1. The molecule has 3 rings (SSSR count). The number of ketones is 1. The third kappa shape index (κ3) is 6.39. The molecule has 0 N–H and O–H groups in total. The minimum Gasteiger partial charge on any atom is -0.493 e. The average Bonchev–Trinajstić information content (AvgIpc) is 3.37. The standard InChI is InChI=1S/C23H23F2NO7S/c1-31-21-14-16(4-10-20(21)33-23(24)25)5-11-22(28)32-15-19(27)17-6-8-18(9-7-17)34(29,30)26-12-2-3-13-26/h4-11,14,23H,2-3,12-13,15H2,1H3/b11-5+. The molecule has 0 radical (unpaired) electrons. The normalized spacial score (nSPS) is 14.5. The van der Waals surface area contributed by atoms with Gasteiger partial charge in [0.2, 0.25) is 10.0 Å². The van der Waals surface area contributed by atoms with E-state index >= 15 is 0 Å². The molecule has 0 amide bonds. The minimum atomic E-state index is -3.58. The lowest BCUT2D eigenvalue weighted by Crippen LogP contribution is -2.27. The maximum absolute atomic E-state index is 12.5. The predicted molar refractivity (Wildman–Crippen MR) is 118 cm³/mol. The summed E-state index contributed by atoms with van der Waals surface area (Å²) in [6.45, 7) is -2.58. The largest absolute Gasteiger partial charge is 0.493 e. The predicted octanol–water partition coefficient (Wildman–Crippen LogP) is 3.52. The van der Waals surface area contributed by atoms with Crippen molar-refractivity contribution < 1.29 is 41.0 Å². The van der Waals surface area contributed by atoms with Crippen LogP contribution in [0.1, 0.15) is 28.8 Å². The van der Waals surface area contributed by atoms with Gasteiger partial charge in [-0.05, 0) is 60.9 Å². The van der Waals surface area contributed by atoms with E-state index in [0.29, 0.717) is 18.7 Å². The minimum absolute atomic E-state index is 0.0567. The lowest BCUT2D eigenvalue weighted by Gasteiger charge is -2.15. The number of hydrogen-bond donors (Lipinski definition) is 0. The van der Waals surface area contributed by atoms with Gasteiger partial charge in [-0.25, -0.2) is 13.2 Å². The fourth-order valence-electron chi connectivity index (χ4n) is 3.30. The van der Waals surface area contributed by atoms with Gasteiger partial charge in [0.05, 0.1) is 12.0 Å². The van der Waals surface area contributed by atoms with E-state index in [1.54, 1.807) is 0 Å². The van der Waals surface area contributed by atoms with Gasteiger partial charge in [-0.1, -0.05) is 6.07 Å². The van der Waals surface area contributed by atoms with Crippen LogP contribution in [0.2, 0.25) is 0 Å². The van der Waals surface area contributed by atoms with Crippen LogP contribution in [0.5, 0.6) is 11.5 Å². The van der Waals surface area contributed by atoms with E-state index < -0.39 is 35.0 Å². The summed E-state index contributed by atoms with van der Waals surface area (Å²) in [5.41, 5.74) is 0.660. The Hall–Kier alpha value is -3.31. The summed E-state index contributed by atoms with van der Waals surface area (Å²) in [6, 6.07) is 9.58. The maximum atomic E-state index is 12.5. The number of rotatable bonds is 10. The van der Waals surface area contributed by atoms with Gasteiger partial charge in [0, 0.05) is 24.7 Å². The molecule has 1 heterocycles. The Morgan fingerprint density at radius 3 is 2.35 bits per heavy atom. The molecule has 0 spiro atoms. The number of alkyl halides is 2. The number of esters is 1. The van der Waals surface area contributed by atoms with Gasteiger partial charge in [0.1, 0.15) is 0 Å². The number of nitrogens with zero attached hydrogens (tertiary/aromatic N) is 1. The summed E-state index contributed by atoms with van der Waals surface area (Å²) in [7, 11) is -2.29. The highest BCUT2D eigenvalue weighted by Gasteiger charge is 2.27. The molecule has 8 nitrogen and oxygen atoms in total. The molecule has 1 fully saturated rings. The summed E-state index contributed by atoms with van der Waals surface area (Å²) < 4.78 is 65.5. The second-order valence-corrected chi connectivity index (χ2v) is 9.23. The first-order valence-corrected chi connectivity index (χ1v) is 11.8. The molecule has 1 saturated heterocycles. The monoisotopic (exact) mass is 495 g/mol. The highest BCUT2D eigenvalue weighted by Crippen LogP contribution is 2.30. The second-order valence-electron chi connectivity index (χ2n) is 7.29. The number of ether oxygens (including phenoxy) is 3. The molecule has 0 unspecified atom stereocenters. The van der Waals surface area contributed by atoms with Crippen LogP contribution >= 0.6 is 0 Å². The van der Waals surface area contributed by atoms with E-state index in [-0.39, 0.29) is 22.0 Å². The van der Waals surface area contributed by atoms with Crippen molar-refractivity contribution in [2.24, 2.45) is 0 Å². The van der Waals surface area contributed by atoms with Gasteiger partial charge in [-0.2, -0.15) is 13.1 Å². The zero-order chi connectivity index (χ0) is 24.7. The van der Waals surface area contributed by atoms with Gasteiger partial charge in [-0.3, -0.25) is 4.79 Å². The topological polar surface area (TPSA) is 99.2 Å². The van der Waals surface area contributed by atoms with Crippen LogP contribution in [0.4, 0.5) is 8.78 Å². The van der Waals surface area contributed by atoms with Crippen molar-refractivity contribution in [3.63, 3.8) is 0 Å². The quantitative estimate of drug-likeness (QED) is 0.283. The number of sulfonamides is 1. The van der Waals surface area contributed by atoms with Crippen molar-refractivity contribution in [3.8, 4) is 11.5 Å². The van der Waals surface area contributed by atoms with E-state index in [9.17, 15) is 26.8 Å². The molecule has 0 atom stereocenters. The first-order chi connectivity index (χ1) is 16.2. The fourth-order valence-corrected chi connectivity index (χ4v) is 4.82. The Morgan fingerprint density at radius 2 is 1.74 bits per heavy atom. The molecule has 1 aliphatic rings. The van der Waals surface area contributed by atoms with Crippen molar-refractivity contribution in [1.82, 2.24) is 4.31 Å². The molecule has 2 aromatic rings. The summed E-state index contributed by atoms with van der Waals surface area (Å²) in [6.07, 6.45) is 4.07. The second kappa shape index (κ2) is 11.2. The van der Waals surface area contributed by atoms with Crippen LogP contribution in [-0.2, 0) is 19.6 Å². The number of methoxy groups -OCH3 is 1. The summed E-state index contributed by atoms with van der Waals surface area (Å²) >= 11 is 0. The van der Waals surface area contributed by atoms with Gasteiger partial charge in [-0.15, -0.1) is 0 Å². The van der Waals surface area contributed by atoms with Crippen LogP contribution in [-0.4, -0.2) is 57.9 Å². The Labute approximate surface area is 195 Å². The van der Waals surface area contributed by atoms with Crippen LogP contribution in [0.15, 0.2) is 53.4 Å². The summed E-state index contributed by atoms with van der Waals surface area (Å²) in [5.74, 6) is -1.39. The van der Waals surface area contributed by atoms with Crippen LogP contribution < -0.4 is 9.47 Å². The maximum Gasteiger partial charge on any atom is 0.387 e. The Bertz CT molecular complexity index is 1160. The SMILES string of the molecule is COc1cc(/C=C/C(=O)OCC(=O)c2ccc(S(=O)(=O)N3CCCC3)cc2)ccc1OC(F)F. The van der Waals surface area contributed by atoms with Crippen molar-refractivity contribution in [1.29, 1.82) is 0 Å². The molecular weight excluding hydrogens is 472 g/mol. The van der Waals surface area contributed by atoms with E-state index in [2.05, 4.69) is 4.74 Å². The molecule has 0 aromatic heterocycles. The molecule has 1 aliphatic heterocycles. The van der Waals surface area contributed by atoms with Gasteiger partial charge in [0.25, 0.3) is 0 Å². The van der Waals surface area contributed by atoms with Crippen molar-refractivity contribution in [3.05, 3.63) is 59.7 Å². The van der Waals surface area contributed by atoms with Crippen LogP contribution in [0.25, 0.3) is 6.08 Å². The first kappa shape index (κ1) is 25.3. The molecule has 0 aliphatic carbocycles. The van der Waals surface area contributed by atoms with Crippen molar-refractivity contribution in [2.45, 2.75) is 24.3 Å². The molecular formula is C23H23F2NO7S. The van der Waals surface area contributed by atoms with Crippen LogP contribution in [0.3, 0.4) is 0 Å². The smallest absolute Gasteiger partial charge is 0.387 e. The van der Waals surface area contributed by atoms with Gasteiger partial charge in [0.15, 0.2) is 23.9 Å². The number of Topliss-reactive ketones (excluding diaryl/α,β-unsaturated/α-hetero) is 1. The highest BCUT2D eigenvalue weighted by molar-refractivity contribution is 7.89. The molecule has 2 aromatic carbocycles. The average molecular weight is 496 g/mol. The number of hydrogen-bond acceptors (Lipinski definition) is 7. The van der Waals surface area contributed by atoms with Gasteiger partial charge < -0.3 is 14.2 Å². The van der Waals surface area contributed by atoms with Crippen LogP contribution in [0, 0.1) is 0 Å². The van der Waals surface area contributed by atoms with E-state index in [0.717, 1.165) is 18.9 Å². The Morgan fingerprint density at radius 1 is 1.06 bits per heavy atom. The third-order valence-electron chi connectivity index (χ3n) is 5.04. The van der Waals surface area contributed by atoms with Crippen molar-refractivity contribution >= 4 is 27.9 Å². The molecule has 0 bridgehead atoms. The number of benzene rings is 2. The summed E-state index contributed by atoms with van der Waals surface area (Å²) in [4.78, 5) is 24.4.